The van der Waals surface area contributed by atoms with Gasteiger partial charge in [-0.15, -0.1) is 0 Å². The first-order chi connectivity index (χ1) is 14.1. The van der Waals surface area contributed by atoms with Crippen LogP contribution in [0.4, 0.5) is 5.69 Å². The molecule has 6 nitrogen and oxygen atoms in total. The summed E-state index contributed by atoms with van der Waals surface area (Å²) in [5.41, 5.74) is 3.01. The van der Waals surface area contributed by atoms with Crippen LogP contribution in [0.3, 0.4) is 0 Å². The standard InChI is InChI=1S/C23H22N2O4/c1-14-8-9-20(29-14)17-6-4-5-7-18(17)24-13-16-10-15-11-21(27-2)22(28-3)12-19(15)25-23(16)26/h4-12,24H,13H2,1-3H3,(H,25,26). The van der Waals surface area contributed by atoms with Crippen LogP contribution in [-0.4, -0.2) is 19.2 Å². The van der Waals surface area contributed by atoms with Gasteiger partial charge in [-0.1, -0.05) is 12.1 Å². The zero-order chi connectivity index (χ0) is 20.4. The highest BCUT2D eigenvalue weighted by Crippen LogP contribution is 2.32. The highest BCUT2D eigenvalue weighted by molar-refractivity contribution is 5.83. The number of aromatic nitrogens is 1. The maximum atomic E-state index is 12.6. The van der Waals surface area contributed by atoms with Crippen LogP contribution in [0.1, 0.15) is 11.3 Å². The molecule has 4 aromatic rings. The van der Waals surface area contributed by atoms with Crippen molar-refractivity contribution in [2.24, 2.45) is 0 Å². The number of methoxy groups -OCH3 is 2. The Bertz CT molecular complexity index is 1220. The first-order valence-corrected chi connectivity index (χ1v) is 9.26. The number of rotatable bonds is 6. The van der Waals surface area contributed by atoms with Gasteiger partial charge in [0.1, 0.15) is 11.5 Å². The van der Waals surface area contributed by atoms with Crippen LogP contribution in [0.15, 0.2) is 63.8 Å². The van der Waals surface area contributed by atoms with Gasteiger partial charge in [0.2, 0.25) is 0 Å². The van der Waals surface area contributed by atoms with Crippen molar-refractivity contribution in [3.63, 3.8) is 0 Å². The number of pyridine rings is 1. The molecule has 0 spiro atoms. The summed E-state index contributed by atoms with van der Waals surface area (Å²) in [6.07, 6.45) is 0. The molecule has 0 aliphatic carbocycles. The van der Waals surface area contributed by atoms with Crippen LogP contribution in [-0.2, 0) is 6.54 Å². The molecule has 0 aliphatic rings. The number of para-hydroxylation sites is 1. The number of fused-ring (bicyclic) bond motifs is 1. The Morgan fingerprint density at radius 1 is 1.00 bits per heavy atom. The van der Waals surface area contributed by atoms with E-state index in [0.717, 1.165) is 28.2 Å². The Morgan fingerprint density at radius 3 is 2.48 bits per heavy atom. The molecule has 29 heavy (non-hydrogen) atoms. The van der Waals surface area contributed by atoms with E-state index in [1.54, 1.807) is 20.3 Å². The van der Waals surface area contributed by atoms with Gasteiger partial charge in [0.25, 0.3) is 5.56 Å². The Kier molecular flexibility index (Phi) is 4.99. The summed E-state index contributed by atoms with van der Waals surface area (Å²) < 4.78 is 16.4. The maximum absolute atomic E-state index is 12.6. The molecule has 0 saturated carbocycles. The fourth-order valence-electron chi connectivity index (χ4n) is 3.33. The fraction of sp³-hybridized carbons (Fsp3) is 0.174. The monoisotopic (exact) mass is 390 g/mol. The van der Waals surface area contributed by atoms with E-state index in [2.05, 4.69) is 10.3 Å². The summed E-state index contributed by atoms with van der Waals surface area (Å²) in [6.45, 7) is 2.29. The number of benzene rings is 2. The van der Waals surface area contributed by atoms with E-state index >= 15 is 0 Å². The molecule has 0 amide bonds. The van der Waals surface area contributed by atoms with E-state index in [0.29, 0.717) is 29.1 Å². The van der Waals surface area contributed by atoms with Crippen LogP contribution >= 0.6 is 0 Å². The lowest BCUT2D eigenvalue weighted by Gasteiger charge is -2.12. The second kappa shape index (κ2) is 7.75. The first kappa shape index (κ1) is 18.7. The largest absolute Gasteiger partial charge is 0.493 e. The molecular weight excluding hydrogens is 368 g/mol. The Morgan fingerprint density at radius 2 is 1.76 bits per heavy atom. The minimum absolute atomic E-state index is 0.149. The van der Waals surface area contributed by atoms with Crippen molar-refractivity contribution < 1.29 is 13.9 Å². The van der Waals surface area contributed by atoms with Crippen molar-refractivity contribution in [2.45, 2.75) is 13.5 Å². The molecule has 0 saturated heterocycles. The van der Waals surface area contributed by atoms with E-state index in [4.69, 9.17) is 13.9 Å². The maximum Gasteiger partial charge on any atom is 0.253 e. The van der Waals surface area contributed by atoms with Gasteiger partial charge in [0, 0.05) is 34.8 Å². The molecule has 148 valence electrons. The van der Waals surface area contributed by atoms with E-state index in [1.165, 1.54) is 0 Å². The minimum Gasteiger partial charge on any atom is -0.493 e. The SMILES string of the molecule is COc1cc2cc(CNc3ccccc3-c3ccc(C)o3)c(=O)[nH]c2cc1OC. The van der Waals surface area contributed by atoms with Crippen molar-refractivity contribution in [3.05, 3.63) is 76.3 Å². The van der Waals surface area contributed by atoms with Crippen molar-refractivity contribution in [3.8, 4) is 22.8 Å². The predicted molar refractivity (Wildman–Crippen MR) is 114 cm³/mol. The van der Waals surface area contributed by atoms with E-state index < -0.39 is 0 Å². The second-order valence-electron chi connectivity index (χ2n) is 6.73. The number of aryl methyl sites for hydroxylation is 1. The lowest BCUT2D eigenvalue weighted by atomic mass is 10.1. The summed E-state index contributed by atoms with van der Waals surface area (Å²) in [6, 6.07) is 17.2. The number of nitrogens with one attached hydrogen (secondary N) is 2. The third-order valence-corrected chi connectivity index (χ3v) is 4.83. The average Bonchev–Trinajstić information content (AvgIpc) is 3.17. The molecule has 0 unspecified atom stereocenters. The normalized spacial score (nSPS) is 10.9. The number of H-pyrrole nitrogens is 1. The third-order valence-electron chi connectivity index (χ3n) is 4.83. The molecule has 2 heterocycles. The summed E-state index contributed by atoms with van der Waals surface area (Å²) in [5, 5.41) is 4.23. The van der Waals surface area contributed by atoms with Gasteiger partial charge in [0.05, 0.1) is 19.7 Å². The molecule has 0 fully saturated rings. The predicted octanol–water partition coefficient (Wildman–Crippen LogP) is 4.73. The van der Waals surface area contributed by atoms with Gasteiger partial charge in [0.15, 0.2) is 11.5 Å². The minimum atomic E-state index is -0.149. The lowest BCUT2D eigenvalue weighted by Crippen LogP contribution is -2.16. The van der Waals surface area contributed by atoms with Gasteiger partial charge in [-0.3, -0.25) is 4.79 Å². The Balaban J connectivity index is 1.65. The average molecular weight is 390 g/mol. The molecule has 0 radical (unpaired) electrons. The third kappa shape index (κ3) is 3.69. The van der Waals surface area contributed by atoms with E-state index in [9.17, 15) is 4.79 Å². The topological polar surface area (TPSA) is 76.5 Å². The quantitative estimate of drug-likeness (QED) is 0.498. The van der Waals surface area contributed by atoms with Gasteiger partial charge < -0.3 is 24.2 Å². The summed E-state index contributed by atoms with van der Waals surface area (Å²) in [4.78, 5) is 15.5. The van der Waals surface area contributed by atoms with Gasteiger partial charge in [-0.2, -0.15) is 0 Å². The molecule has 4 rings (SSSR count). The van der Waals surface area contributed by atoms with Crippen LogP contribution in [0.5, 0.6) is 11.5 Å². The fourth-order valence-corrected chi connectivity index (χ4v) is 3.33. The van der Waals surface area contributed by atoms with Crippen molar-refractivity contribution >= 4 is 16.6 Å². The van der Waals surface area contributed by atoms with Crippen LogP contribution < -0.4 is 20.3 Å². The zero-order valence-electron chi connectivity index (χ0n) is 16.5. The number of hydrogen-bond acceptors (Lipinski definition) is 5. The highest BCUT2D eigenvalue weighted by atomic mass is 16.5. The molecule has 6 heteroatoms. The van der Waals surface area contributed by atoms with E-state index in [1.807, 2.05) is 55.5 Å². The number of hydrogen-bond donors (Lipinski definition) is 2. The van der Waals surface area contributed by atoms with E-state index in [-0.39, 0.29) is 5.56 Å². The molecule has 0 atom stereocenters. The smallest absolute Gasteiger partial charge is 0.253 e. The lowest BCUT2D eigenvalue weighted by molar-refractivity contribution is 0.356. The highest BCUT2D eigenvalue weighted by Gasteiger charge is 2.11. The van der Waals surface area contributed by atoms with Gasteiger partial charge >= 0.3 is 0 Å². The first-order valence-electron chi connectivity index (χ1n) is 9.26. The number of furan rings is 1. The molecular formula is C23H22N2O4. The van der Waals surface area contributed by atoms with Crippen LogP contribution in [0.25, 0.3) is 22.2 Å². The summed E-state index contributed by atoms with van der Waals surface area (Å²) >= 11 is 0. The number of aromatic amines is 1. The van der Waals surface area contributed by atoms with Crippen LogP contribution in [0, 0.1) is 6.92 Å². The molecule has 0 aliphatic heterocycles. The van der Waals surface area contributed by atoms with Crippen LogP contribution in [0.2, 0.25) is 0 Å². The molecule has 2 aromatic carbocycles. The van der Waals surface area contributed by atoms with Crippen molar-refractivity contribution in [1.82, 2.24) is 4.98 Å². The number of ether oxygens (including phenoxy) is 2. The van der Waals surface area contributed by atoms with Gasteiger partial charge in [-0.05, 0) is 43.3 Å². The summed E-state index contributed by atoms with van der Waals surface area (Å²) in [5.74, 6) is 2.83. The molecule has 2 N–H and O–H groups in total. The van der Waals surface area contributed by atoms with Gasteiger partial charge in [-0.25, -0.2) is 0 Å². The Labute approximate surface area is 168 Å². The Hall–Kier alpha value is -3.67. The van der Waals surface area contributed by atoms with Crippen molar-refractivity contribution in [1.29, 1.82) is 0 Å². The molecule has 2 aromatic heterocycles. The number of anilines is 1. The zero-order valence-corrected chi connectivity index (χ0v) is 16.5. The molecule has 0 bridgehead atoms. The van der Waals surface area contributed by atoms with Crippen molar-refractivity contribution in [2.75, 3.05) is 19.5 Å². The summed E-state index contributed by atoms with van der Waals surface area (Å²) in [7, 11) is 3.16. The second-order valence-corrected chi connectivity index (χ2v) is 6.73.